The van der Waals surface area contributed by atoms with Crippen LogP contribution in [0, 0.1) is 0 Å². The van der Waals surface area contributed by atoms with Gasteiger partial charge in [-0.05, 0) is 76.6 Å². The average Bonchev–Trinajstić information content (AvgIpc) is 3.69. The second-order valence-corrected chi connectivity index (χ2v) is 14.0. The van der Waals surface area contributed by atoms with Crippen LogP contribution in [-0.4, -0.2) is 24.6 Å². The molecular formula is C30H35N3O3S. The van der Waals surface area contributed by atoms with Gasteiger partial charge in [-0.2, -0.15) is 0 Å². The predicted molar refractivity (Wildman–Crippen MR) is 148 cm³/mol. The molecule has 3 aromatic rings. The van der Waals surface area contributed by atoms with E-state index >= 15 is 0 Å². The summed E-state index contributed by atoms with van der Waals surface area (Å²) in [7, 11) is -3.59. The molecule has 1 aromatic heterocycles. The Morgan fingerprint density at radius 3 is 2.35 bits per heavy atom. The van der Waals surface area contributed by atoms with Gasteiger partial charge in [0.15, 0.2) is 0 Å². The minimum atomic E-state index is -3.59. The molecule has 0 bridgehead atoms. The maximum atomic E-state index is 12.7. The molecule has 1 aliphatic heterocycles. The second-order valence-electron chi connectivity index (χ2n) is 12.1. The molecule has 1 unspecified atom stereocenters. The summed E-state index contributed by atoms with van der Waals surface area (Å²) in [6.07, 6.45) is 5.85. The highest BCUT2D eigenvalue weighted by Gasteiger charge is 2.38. The van der Waals surface area contributed by atoms with Gasteiger partial charge in [-0.1, -0.05) is 58.9 Å². The number of nitrogens with one attached hydrogen (secondary N) is 2. The number of amides is 1. The van der Waals surface area contributed by atoms with Gasteiger partial charge in [0.1, 0.15) is 0 Å². The molecule has 0 spiro atoms. The normalized spacial score (nSPS) is 19.0. The summed E-state index contributed by atoms with van der Waals surface area (Å²) in [5, 5.41) is 3.19. The van der Waals surface area contributed by atoms with E-state index in [2.05, 4.69) is 80.0 Å². The van der Waals surface area contributed by atoms with Crippen LogP contribution in [0.2, 0.25) is 0 Å². The molecule has 1 amide bonds. The van der Waals surface area contributed by atoms with Gasteiger partial charge in [0.05, 0.1) is 11.3 Å². The van der Waals surface area contributed by atoms with Crippen molar-refractivity contribution in [2.24, 2.45) is 0 Å². The lowest BCUT2D eigenvalue weighted by molar-refractivity contribution is 0.0981. The monoisotopic (exact) mass is 517 g/mol. The Morgan fingerprint density at radius 1 is 1.00 bits per heavy atom. The topological polar surface area (TPSA) is 88.2 Å². The molecule has 2 N–H and O–H groups in total. The van der Waals surface area contributed by atoms with E-state index in [1.807, 2.05) is 24.5 Å². The van der Waals surface area contributed by atoms with Crippen LogP contribution in [0.3, 0.4) is 0 Å². The van der Waals surface area contributed by atoms with Crippen LogP contribution in [0.15, 0.2) is 60.9 Å². The number of nitrogens with zero attached hydrogens (tertiary/aromatic N) is 1. The Labute approximate surface area is 220 Å². The summed E-state index contributed by atoms with van der Waals surface area (Å²) in [6, 6.07) is 16.3. The molecule has 0 saturated heterocycles. The van der Waals surface area contributed by atoms with Crippen molar-refractivity contribution in [2.75, 3.05) is 5.32 Å². The molecule has 6 nitrogen and oxygen atoms in total. The van der Waals surface area contributed by atoms with Gasteiger partial charge in [0.2, 0.25) is 10.0 Å². The molecular weight excluding hydrogens is 482 g/mol. The predicted octanol–water partition coefficient (Wildman–Crippen LogP) is 6.10. The summed E-state index contributed by atoms with van der Waals surface area (Å²) >= 11 is 0. The van der Waals surface area contributed by atoms with Crippen LogP contribution < -0.4 is 10.0 Å². The van der Waals surface area contributed by atoms with E-state index < -0.39 is 21.2 Å². The van der Waals surface area contributed by atoms with Gasteiger partial charge in [-0.25, -0.2) is 13.1 Å². The Hall–Kier alpha value is -3.19. The molecule has 2 heterocycles. The zero-order chi connectivity index (χ0) is 26.6. The van der Waals surface area contributed by atoms with Gasteiger partial charge in [-0.3, -0.25) is 9.78 Å². The van der Waals surface area contributed by atoms with Gasteiger partial charge >= 0.3 is 0 Å². The average molecular weight is 518 g/mol. The van der Waals surface area contributed by atoms with E-state index in [-0.39, 0.29) is 16.9 Å². The Kier molecular flexibility index (Phi) is 6.18. The Bertz CT molecular complexity index is 1450. The molecule has 5 rings (SSSR count). The fourth-order valence-electron chi connectivity index (χ4n) is 5.05. The Morgan fingerprint density at radius 2 is 1.70 bits per heavy atom. The van der Waals surface area contributed by atoms with Crippen LogP contribution in [0.5, 0.6) is 0 Å². The third-order valence-electron chi connectivity index (χ3n) is 7.50. The molecule has 37 heavy (non-hydrogen) atoms. The maximum Gasteiger partial charge on any atom is 0.264 e. The second kappa shape index (κ2) is 8.98. The first-order chi connectivity index (χ1) is 17.3. The van der Waals surface area contributed by atoms with Crippen molar-refractivity contribution < 1.29 is 13.2 Å². The molecule has 7 heteroatoms. The lowest BCUT2D eigenvalue weighted by Gasteiger charge is -2.39. The first-order valence-corrected chi connectivity index (χ1v) is 14.4. The van der Waals surface area contributed by atoms with Crippen LogP contribution >= 0.6 is 0 Å². The summed E-state index contributed by atoms with van der Waals surface area (Å²) < 4.78 is 26.7. The third kappa shape index (κ3) is 5.28. The van der Waals surface area contributed by atoms with Crippen molar-refractivity contribution in [3.63, 3.8) is 0 Å². The fourth-order valence-corrected chi connectivity index (χ4v) is 6.35. The number of anilines is 1. The van der Waals surface area contributed by atoms with E-state index in [0.29, 0.717) is 18.4 Å². The van der Waals surface area contributed by atoms with Crippen molar-refractivity contribution in [2.45, 2.75) is 76.0 Å². The van der Waals surface area contributed by atoms with Gasteiger partial charge < -0.3 is 5.32 Å². The quantitative estimate of drug-likeness (QED) is 0.427. The number of hydrogen-bond acceptors (Lipinski definition) is 5. The number of fused-ring (bicyclic) bond motifs is 1. The van der Waals surface area contributed by atoms with E-state index in [1.54, 1.807) is 6.07 Å². The highest BCUT2D eigenvalue weighted by atomic mass is 32.2. The summed E-state index contributed by atoms with van der Waals surface area (Å²) in [4.78, 5) is 17.3. The summed E-state index contributed by atoms with van der Waals surface area (Å²) in [5.74, 6) is -0.568. The van der Waals surface area contributed by atoms with E-state index in [4.69, 9.17) is 0 Å². The van der Waals surface area contributed by atoms with E-state index in [0.717, 1.165) is 34.4 Å². The summed E-state index contributed by atoms with van der Waals surface area (Å²) in [5.41, 5.74) is 6.79. The lowest BCUT2D eigenvalue weighted by atomic mass is 9.73. The largest absolute Gasteiger partial charge is 0.378 e. The first kappa shape index (κ1) is 25.5. The molecule has 0 radical (unpaired) electrons. The maximum absolute atomic E-state index is 12.7. The molecule has 194 valence electrons. The first-order valence-electron chi connectivity index (χ1n) is 12.9. The molecule has 1 saturated carbocycles. The molecule has 1 fully saturated rings. The minimum Gasteiger partial charge on any atom is -0.378 e. The SMILES string of the molecule is CC(C)(C)c1ccc(-c2cncc(C3CC(C)(C)c4cc(C(=O)NS(=O)(=O)C5CC5)ccc4N3)c2)cc1. The number of benzene rings is 2. The van der Waals surface area contributed by atoms with Crippen LogP contribution in [-0.2, 0) is 20.9 Å². The van der Waals surface area contributed by atoms with Crippen molar-refractivity contribution in [1.29, 1.82) is 0 Å². The zero-order valence-corrected chi connectivity index (χ0v) is 22.9. The van der Waals surface area contributed by atoms with Crippen LogP contribution in [0.25, 0.3) is 11.1 Å². The van der Waals surface area contributed by atoms with Crippen molar-refractivity contribution in [3.05, 3.63) is 83.2 Å². The number of hydrogen-bond donors (Lipinski definition) is 2. The van der Waals surface area contributed by atoms with Crippen molar-refractivity contribution in [3.8, 4) is 11.1 Å². The molecule has 2 aliphatic rings. The van der Waals surface area contributed by atoms with Gasteiger partial charge in [-0.15, -0.1) is 0 Å². The van der Waals surface area contributed by atoms with E-state index in [1.165, 1.54) is 5.56 Å². The standard InChI is InChI=1S/C30H35N3O3S/c1-29(2,3)23-9-6-19(7-10-23)21-14-22(18-31-17-21)27-16-30(4,5)25-15-20(8-13-26(25)32-27)28(34)33-37(35,36)24-11-12-24/h6-10,13-15,17-18,24,27,32H,11-12,16H2,1-5H3,(H,33,34). The number of carbonyl (C=O) groups is 1. The van der Waals surface area contributed by atoms with Gasteiger partial charge in [0, 0.05) is 29.2 Å². The van der Waals surface area contributed by atoms with Crippen LogP contribution in [0.1, 0.15) is 87.0 Å². The number of rotatable bonds is 5. The third-order valence-corrected chi connectivity index (χ3v) is 9.32. The highest BCUT2D eigenvalue weighted by Crippen LogP contribution is 2.44. The smallest absolute Gasteiger partial charge is 0.264 e. The number of carbonyl (C=O) groups excluding carboxylic acids is 1. The zero-order valence-electron chi connectivity index (χ0n) is 22.1. The Balaban J connectivity index is 1.38. The van der Waals surface area contributed by atoms with Crippen molar-refractivity contribution >= 4 is 21.6 Å². The highest BCUT2D eigenvalue weighted by molar-refractivity contribution is 7.91. The fraction of sp³-hybridized carbons (Fsp3) is 0.400. The number of pyridine rings is 1. The number of aromatic nitrogens is 1. The molecule has 2 aromatic carbocycles. The minimum absolute atomic E-state index is 0.0544. The molecule has 1 atom stereocenters. The number of sulfonamides is 1. The van der Waals surface area contributed by atoms with Crippen LogP contribution in [0.4, 0.5) is 5.69 Å². The van der Waals surface area contributed by atoms with Crippen molar-refractivity contribution in [1.82, 2.24) is 9.71 Å². The summed E-state index contributed by atoms with van der Waals surface area (Å²) in [6.45, 7) is 11.0. The lowest BCUT2D eigenvalue weighted by Crippen LogP contribution is -2.34. The van der Waals surface area contributed by atoms with Gasteiger partial charge in [0.25, 0.3) is 5.91 Å². The van der Waals surface area contributed by atoms with E-state index in [9.17, 15) is 13.2 Å². The molecule has 1 aliphatic carbocycles.